The molecule has 0 aromatic heterocycles. The minimum Gasteiger partial charge on any atom is -0.307 e. The average Bonchev–Trinajstić information content (AvgIpc) is 2.67. The van der Waals surface area contributed by atoms with Crippen LogP contribution in [0.3, 0.4) is 0 Å². The summed E-state index contributed by atoms with van der Waals surface area (Å²) in [4.78, 5) is 0. The third-order valence-electron chi connectivity index (χ3n) is 4.17. The third kappa shape index (κ3) is 5.60. The maximum absolute atomic E-state index is 3.52. The zero-order valence-corrected chi connectivity index (χ0v) is 15.2. The molecule has 3 rings (SSSR count). The molecular formula is C23H24ClN. The van der Waals surface area contributed by atoms with E-state index in [2.05, 4.69) is 103 Å². The molecular weight excluding hydrogens is 326 g/mol. The molecule has 3 aromatic carbocycles. The fourth-order valence-electron chi connectivity index (χ4n) is 2.72. The Morgan fingerprint density at radius 2 is 1.32 bits per heavy atom. The van der Waals surface area contributed by atoms with Gasteiger partial charge in [-0.3, -0.25) is 0 Å². The van der Waals surface area contributed by atoms with Crippen LogP contribution in [-0.2, 0) is 0 Å². The number of hydrogen-bond donors (Lipinski definition) is 1. The Bertz CT molecular complexity index is 764. The summed E-state index contributed by atoms with van der Waals surface area (Å²) in [6.45, 7) is 3.05. The minimum atomic E-state index is 0. The van der Waals surface area contributed by atoms with Crippen LogP contribution >= 0.6 is 12.4 Å². The van der Waals surface area contributed by atoms with Crippen molar-refractivity contribution < 1.29 is 0 Å². The van der Waals surface area contributed by atoms with Gasteiger partial charge in [0.25, 0.3) is 0 Å². The van der Waals surface area contributed by atoms with E-state index in [1.54, 1.807) is 0 Å². The summed E-state index contributed by atoms with van der Waals surface area (Å²) in [5.41, 5.74) is 5.05. The molecule has 0 heterocycles. The molecule has 0 amide bonds. The first-order valence-corrected chi connectivity index (χ1v) is 8.43. The zero-order chi connectivity index (χ0) is 16.6. The van der Waals surface area contributed by atoms with Crippen molar-refractivity contribution in [2.75, 3.05) is 6.54 Å². The minimum absolute atomic E-state index is 0. The maximum atomic E-state index is 3.52. The Morgan fingerprint density at radius 3 is 1.96 bits per heavy atom. The van der Waals surface area contributed by atoms with Crippen LogP contribution in [0.25, 0.3) is 17.2 Å². The number of halogens is 1. The number of rotatable bonds is 6. The van der Waals surface area contributed by atoms with Gasteiger partial charge in [0, 0.05) is 12.6 Å². The van der Waals surface area contributed by atoms with Gasteiger partial charge in [0.05, 0.1) is 0 Å². The molecule has 2 heteroatoms. The van der Waals surface area contributed by atoms with Crippen molar-refractivity contribution in [3.05, 3.63) is 102 Å². The first-order chi connectivity index (χ1) is 11.8. The monoisotopic (exact) mass is 349 g/mol. The van der Waals surface area contributed by atoms with E-state index in [9.17, 15) is 0 Å². The lowest BCUT2D eigenvalue weighted by atomic mass is 10.0. The fourth-order valence-corrected chi connectivity index (χ4v) is 2.72. The lowest BCUT2D eigenvalue weighted by Crippen LogP contribution is -2.18. The van der Waals surface area contributed by atoms with Crippen molar-refractivity contribution >= 4 is 18.5 Å². The van der Waals surface area contributed by atoms with E-state index in [0.717, 1.165) is 6.54 Å². The second kappa shape index (κ2) is 9.83. The molecule has 0 spiro atoms. The van der Waals surface area contributed by atoms with Gasteiger partial charge in [0.1, 0.15) is 0 Å². The summed E-state index contributed by atoms with van der Waals surface area (Å²) in [7, 11) is 0. The van der Waals surface area contributed by atoms with Gasteiger partial charge in [-0.15, -0.1) is 12.4 Å². The quantitative estimate of drug-likeness (QED) is 0.563. The van der Waals surface area contributed by atoms with Crippen LogP contribution in [0, 0.1) is 0 Å². The second-order valence-electron chi connectivity index (χ2n) is 5.93. The van der Waals surface area contributed by atoms with Crippen LogP contribution in [0.5, 0.6) is 0 Å². The fraction of sp³-hybridized carbons (Fsp3) is 0.130. The highest BCUT2D eigenvalue weighted by atomic mass is 35.5. The van der Waals surface area contributed by atoms with Gasteiger partial charge in [-0.05, 0) is 29.2 Å². The first kappa shape index (κ1) is 19.0. The molecule has 0 aliphatic carbocycles. The lowest BCUT2D eigenvalue weighted by molar-refractivity contribution is 0.618. The van der Waals surface area contributed by atoms with Gasteiger partial charge in [0.2, 0.25) is 0 Å². The van der Waals surface area contributed by atoms with Crippen LogP contribution in [0.1, 0.15) is 24.1 Å². The topological polar surface area (TPSA) is 12.0 Å². The van der Waals surface area contributed by atoms with Crippen molar-refractivity contribution in [1.82, 2.24) is 5.32 Å². The highest BCUT2D eigenvalue weighted by molar-refractivity contribution is 5.85. The molecule has 0 unspecified atom stereocenters. The normalized spacial score (nSPS) is 11.9. The van der Waals surface area contributed by atoms with E-state index >= 15 is 0 Å². The molecule has 0 radical (unpaired) electrons. The summed E-state index contributed by atoms with van der Waals surface area (Å²) >= 11 is 0. The molecule has 1 nitrogen and oxygen atoms in total. The zero-order valence-electron chi connectivity index (χ0n) is 14.4. The largest absolute Gasteiger partial charge is 0.307 e. The Labute approximate surface area is 156 Å². The molecule has 0 aliphatic rings. The van der Waals surface area contributed by atoms with Crippen LogP contribution < -0.4 is 5.32 Å². The van der Waals surface area contributed by atoms with Crippen molar-refractivity contribution in [3.8, 4) is 11.1 Å². The number of benzene rings is 3. The van der Waals surface area contributed by atoms with E-state index in [-0.39, 0.29) is 12.4 Å². The second-order valence-corrected chi connectivity index (χ2v) is 5.93. The molecule has 128 valence electrons. The summed E-state index contributed by atoms with van der Waals surface area (Å²) in [6.07, 6.45) is 4.34. The smallest absolute Gasteiger partial charge is 0.0294 e. The van der Waals surface area contributed by atoms with Crippen LogP contribution in [0.15, 0.2) is 91.0 Å². The van der Waals surface area contributed by atoms with Gasteiger partial charge in [-0.1, -0.05) is 97.1 Å². The first-order valence-electron chi connectivity index (χ1n) is 8.43. The Morgan fingerprint density at radius 1 is 0.760 bits per heavy atom. The van der Waals surface area contributed by atoms with Crippen molar-refractivity contribution in [2.24, 2.45) is 0 Å². The summed E-state index contributed by atoms with van der Waals surface area (Å²) in [5, 5.41) is 3.52. The average molecular weight is 350 g/mol. The lowest BCUT2D eigenvalue weighted by Gasteiger charge is -2.12. The molecule has 0 bridgehead atoms. The molecule has 0 fully saturated rings. The van der Waals surface area contributed by atoms with Gasteiger partial charge < -0.3 is 5.32 Å². The summed E-state index contributed by atoms with van der Waals surface area (Å²) < 4.78 is 0. The highest BCUT2D eigenvalue weighted by Gasteiger charge is 2.01. The van der Waals surface area contributed by atoms with E-state index in [0.29, 0.717) is 6.04 Å². The van der Waals surface area contributed by atoms with Gasteiger partial charge in [0.15, 0.2) is 0 Å². The van der Waals surface area contributed by atoms with E-state index in [1.807, 2.05) is 6.07 Å². The maximum Gasteiger partial charge on any atom is 0.0294 e. The number of hydrogen-bond acceptors (Lipinski definition) is 1. The highest BCUT2D eigenvalue weighted by Crippen LogP contribution is 2.19. The Hall–Kier alpha value is -2.35. The van der Waals surface area contributed by atoms with Gasteiger partial charge in [-0.2, -0.15) is 0 Å². The summed E-state index contributed by atoms with van der Waals surface area (Å²) in [6, 6.07) is 30.0. The van der Waals surface area contributed by atoms with Crippen molar-refractivity contribution in [2.45, 2.75) is 13.0 Å². The molecule has 0 saturated carbocycles. The standard InChI is InChI=1S/C23H23N.ClH/c1-19(21-10-4-2-5-11-21)24-18-8-9-20-14-16-23(17-15-20)22-12-6-3-7-13-22;/h2-17,19,24H,18H2,1H3;1H/b9-8+;/t19-;/m1./s1. The van der Waals surface area contributed by atoms with Crippen molar-refractivity contribution in [3.63, 3.8) is 0 Å². The van der Waals surface area contributed by atoms with Crippen molar-refractivity contribution in [1.29, 1.82) is 0 Å². The molecule has 3 aromatic rings. The van der Waals surface area contributed by atoms with Gasteiger partial charge in [-0.25, -0.2) is 0 Å². The third-order valence-corrected chi connectivity index (χ3v) is 4.17. The Balaban J connectivity index is 0.00000225. The summed E-state index contributed by atoms with van der Waals surface area (Å²) in [5.74, 6) is 0. The Kier molecular flexibility index (Phi) is 7.46. The van der Waals surface area contributed by atoms with E-state index in [4.69, 9.17) is 0 Å². The molecule has 1 N–H and O–H groups in total. The predicted molar refractivity (Wildman–Crippen MR) is 111 cm³/mol. The molecule has 0 saturated heterocycles. The van der Waals surface area contributed by atoms with E-state index in [1.165, 1.54) is 22.3 Å². The van der Waals surface area contributed by atoms with Crippen LogP contribution in [-0.4, -0.2) is 6.54 Å². The number of nitrogens with one attached hydrogen (secondary N) is 1. The molecule has 25 heavy (non-hydrogen) atoms. The van der Waals surface area contributed by atoms with Gasteiger partial charge >= 0.3 is 0 Å². The van der Waals surface area contributed by atoms with Crippen LogP contribution in [0.2, 0.25) is 0 Å². The van der Waals surface area contributed by atoms with E-state index < -0.39 is 0 Å². The molecule has 0 aliphatic heterocycles. The molecule has 1 atom stereocenters. The van der Waals surface area contributed by atoms with Crippen LogP contribution in [0.4, 0.5) is 0 Å². The predicted octanol–water partition coefficient (Wildman–Crippen LogP) is 6.14. The SMILES string of the molecule is C[C@@H](NC/C=C/c1ccc(-c2ccccc2)cc1)c1ccccc1.Cl.